The molecule has 0 spiro atoms. The summed E-state index contributed by atoms with van der Waals surface area (Å²) in [5, 5.41) is 6.03. The van der Waals surface area contributed by atoms with Crippen LogP contribution in [-0.4, -0.2) is 17.6 Å². The van der Waals surface area contributed by atoms with Crippen LogP contribution in [0.25, 0.3) is 0 Å². The molecule has 0 aromatic heterocycles. The standard InChI is InChI=1S/C19H28N2O2S/c1-4-5-6-7-8-12-18(22)21-19(24)20-16-10-9-11-17(13-16)23-14-15(2)3/h9-11,13H,2,4-8,12,14H2,1,3H3,(H2,20,21,22,24). The lowest BCUT2D eigenvalue weighted by molar-refractivity contribution is -0.119. The van der Waals surface area contributed by atoms with Crippen LogP contribution in [0.3, 0.4) is 0 Å². The summed E-state index contributed by atoms with van der Waals surface area (Å²) in [7, 11) is 0. The molecule has 2 N–H and O–H groups in total. The first-order chi connectivity index (χ1) is 11.5. The average molecular weight is 349 g/mol. The normalized spacial score (nSPS) is 10.1. The van der Waals surface area contributed by atoms with Gasteiger partial charge in [0.15, 0.2) is 5.11 Å². The molecule has 24 heavy (non-hydrogen) atoms. The third kappa shape index (κ3) is 9.30. The summed E-state index contributed by atoms with van der Waals surface area (Å²) in [5.74, 6) is 0.687. The van der Waals surface area contributed by atoms with E-state index >= 15 is 0 Å². The van der Waals surface area contributed by atoms with Crippen molar-refractivity contribution in [3.05, 3.63) is 36.4 Å². The van der Waals surface area contributed by atoms with Crippen LogP contribution in [0.15, 0.2) is 36.4 Å². The van der Waals surface area contributed by atoms with Crippen LogP contribution in [0, 0.1) is 0 Å². The number of carbonyl (C=O) groups is 1. The maximum absolute atomic E-state index is 11.8. The van der Waals surface area contributed by atoms with Crippen LogP contribution in [0.5, 0.6) is 5.75 Å². The van der Waals surface area contributed by atoms with Crippen molar-refractivity contribution in [1.82, 2.24) is 5.32 Å². The van der Waals surface area contributed by atoms with Crippen LogP contribution in [-0.2, 0) is 4.79 Å². The van der Waals surface area contributed by atoms with E-state index in [-0.39, 0.29) is 5.91 Å². The Bertz CT molecular complexity index is 558. The highest BCUT2D eigenvalue weighted by Gasteiger charge is 2.05. The Morgan fingerprint density at radius 2 is 2.00 bits per heavy atom. The number of thiocarbonyl (C=S) groups is 1. The highest BCUT2D eigenvalue weighted by atomic mass is 32.1. The Labute approximate surface area is 150 Å². The van der Waals surface area contributed by atoms with E-state index in [1.165, 1.54) is 19.3 Å². The van der Waals surface area contributed by atoms with Gasteiger partial charge in [-0.3, -0.25) is 4.79 Å². The van der Waals surface area contributed by atoms with Crippen molar-refractivity contribution in [2.24, 2.45) is 0 Å². The molecular formula is C19H28N2O2S. The Kier molecular flexibility index (Phi) is 9.77. The summed E-state index contributed by atoms with van der Waals surface area (Å²) in [6.45, 7) is 8.37. The number of benzene rings is 1. The molecular weight excluding hydrogens is 320 g/mol. The molecule has 0 saturated heterocycles. The van der Waals surface area contributed by atoms with Crippen LogP contribution in [0.2, 0.25) is 0 Å². The molecule has 4 nitrogen and oxygen atoms in total. The molecule has 0 radical (unpaired) electrons. The Morgan fingerprint density at radius 3 is 2.71 bits per heavy atom. The van der Waals surface area contributed by atoms with Gasteiger partial charge in [-0.1, -0.05) is 45.3 Å². The Balaban J connectivity index is 2.35. The average Bonchev–Trinajstić information content (AvgIpc) is 2.53. The number of nitrogens with one attached hydrogen (secondary N) is 2. The molecule has 0 heterocycles. The van der Waals surface area contributed by atoms with E-state index in [1.807, 2.05) is 31.2 Å². The summed E-state index contributed by atoms with van der Waals surface area (Å²) < 4.78 is 5.59. The number of hydrogen-bond acceptors (Lipinski definition) is 3. The second-order valence-electron chi connectivity index (χ2n) is 5.94. The van der Waals surface area contributed by atoms with Crippen LogP contribution >= 0.6 is 12.2 Å². The van der Waals surface area contributed by atoms with Gasteiger partial charge in [-0.2, -0.15) is 0 Å². The zero-order chi connectivity index (χ0) is 17.8. The molecule has 0 atom stereocenters. The first-order valence-electron chi connectivity index (χ1n) is 8.49. The summed E-state index contributed by atoms with van der Waals surface area (Å²) in [4.78, 5) is 11.8. The van der Waals surface area contributed by atoms with Crippen molar-refractivity contribution in [3.8, 4) is 5.75 Å². The third-order valence-electron chi connectivity index (χ3n) is 3.34. The fourth-order valence-corrected chi connectivity index (χ4v) is 2.34. The lowest BCUT2D eigenvalue weighted by atomic mass is 10.1. The number of ether oxygens (including phenoxy) is 1. The Hall–Kier alpha value is -1.88. The minimum atomic E-state index is -0.0429. The molecule has 1 rings (SSSR count). The number of hydrogen-bond donors (Lipinski definition) is 2. The number of amides is 1. The minimum absolute atomic E-state index is 0.0429. The zero-order valence-corrected chi connectivity index (χ0v) is 15.5. The lowest BCUT2D eigenvalue weighted by Crippen LogP contribution is -2.33. The number of rotatable bonds is 10. The van der Waals surface area contributed by atoms with Gasteiger partial charge in [0.1, 0.15) is 12.4 Å². The predicted octanol–water partition coefficient (Wildman–Crippen LogP) is 4.82. The minimum Gasteiger partial charge on any atom is -0.489 e. The molecule has 132 valence electrons. The van der Waals surface area contributed by atoms with E-state index in [4.69, 9.17) is 17.0 Å². The van der Waals surface area contributed by atoms with Gasteiger partial charge >= 0.3 is 0 Å². The molecule has 0 saturated carbocycles. The van der Waals surface area contributed by atoms with Crippen molar-refractivity contribution in [3.63, 3.8) is 0 Å². The fraction of sp³-hybridized carbons (Fsp3) is 0.474. The summed E-state index contributed by atoms with van der Waals surface area (Å²) in [6.07, 6.45) is 6.11. The van der Waals surface area contributed by atoms with E-state index in [1.54, 1.807) is 0 Å². The molecule has 0 bridgehead atoms. The predicted molar refractivity (Wildman–Crippen MR) is 104 cm³/mol. The van der Waals surface area contributed by atoms with Gasteiger partial charge in [-0.15, -0.1) is 0 Å². The molecule has 5 heteroatoms. The second-order valence-corrected chi connectivity index (χ2v) is 6.35. The van der Waals surface area contributed by atoms with Crippen LogP contribution in [0.4, 0.5) is 5.69 Å². The molecule has 0 aliphatic carbocycles. The second kappa shape index (κ2) is 11.6. The molecule has 0 aliphatic heterocycles. The van der Waals surface area contributed by atoms with Gasteiger partial charge in [-0.25, -0.2) is 0 Å². The molecule has 1 aromatic rings. The van der Waals surface area contributed by atoms with E-state index in [2.05, 4.69) is 24.1 Å². The maximum atomic E-state index is 11.8. The maximum Gasteiger partial charge on any atom is 0.226 e. The van der Waals surface area contributed by atoms with Gasteiger partial charge in [0.25, 0.3) is 0 Å². The molecule has 0 fully saturated rings. The van der Waals surface area contributed by atoms with Gasteiger partial charge < -0.3 is 15.4 Å². The lowest BCUT2D eigenvalue weighted by Gasteiger charge is -2.11. The van der Waals surface area contributed by atoms with E-state index < -0.39 is 0 Å². The van der Waals surface area contributed by atoms with Gasteiger partial charge in [-0.05, 0) is 43.3 Å². The van der Waals surface area contributed by atoms with Crippen LogP contribution in [0.1, 0.15) is 52.4 Å². The van der Waals surface area contributed by atoms with Crippen molar-refractivity contribution < 1.29 is 9.53 Å². The highest BCUT2D eigenvalue weighted by Crippen LogP contribution is 2.17. The topological polar surface area (TPSA) is 50.4 Å². The first kappa shape index (κ1) is 20.2. The monoisotopic (exact) mass is 348 g/mol. The first-order valence-corrected chi connectivity index (χ1v) is 8.90. The van der Waals surface area contributed by atoms with Crippen molar-refractivity contribution in [2.45, 2.75) is 52.4 Å². The largest absolute Gasteiger partial charge is 0.489 e. The van der Waals surface area contributed by atoms with Gasteiger partial charge in [0.2, 0.25) is 5.91 Å². The Morgan fingerprint density at radius 1 is 1.25 bits per heavy atom. The summed E-state index contributed by atoms with van der Waals surface area (Å²) in [5.41, 5.74) is 1.73. The molecule has 0 unspecified atom stereocenters. The van der Waals surface area contributed by atoms with Gasteiger partial charge in [0.05, 0.1) is 0 Å². The molecule has 1 amide bonds. The van der Waals surface area contributed by atoms with E-state index in [0.29, 0.717) is 18.1 Å². The number of anilines is 1. The third-order valence-corrected chi connectivity index (χ3v) is 3.54. The van der Waals surface area contributed by atoms with E-state index in [0.717, 1.165) is 29.9 Å². The van der Waals surface area contributed by atoms with E-state index in [9.17, 15) is 4.79 Å². The van der Waals surface area contributed by atoms with Crippen LogP contribution < -0.4 is 15.4 Å². The fourth-order valence-electron chi connectivity index (χ4n) is 2.11. The molecule has 0 aliphatic rings. The van der Waals surface area contributed by atoms with Gasteiger partial charge in [0, 0.05) is 18.2 Å². The SMILES string of the molecule is C=C(C)COc1cccc(NC(=S)NC(=O)CCCCCCC)c1. The highest BCUT2D eigenvalue weighted by molar-refractivity contribution is 7.80. The zero-order valence-electron chi connectivity index (χ0n) is 14.7. The summed E-state index contributed by atoms with van der Waals surface area (Å²) in [6, 6.07) is 7.45. The number of carbonyl (C=O) groups excluding carboxylic acids is 1. The number of unbranched alkanes of at least 4 members (excludes halogenated alkanes) is 4. The van der Waals surface area contributed by atoms with Crippen molar-refractivity contribution in [2.75, 3.05) is 11.9 Å². The van der Waals surface area contributed by atoms with Crippen molar-refractivity contribution in [1.29, 1.82) is 0 Å². The molecule has 1 aromatic carbocycles. The smallest absolute Gasteiger partial charge is 0.226 e. The van der Waals surface area contributed by atoms with Crippen molar-refractivity contribution >= 4 is 28.9 Å². The summed E-state index contributed by atoms with van der Waals surface area (Å²) >= 11 is 5.18. The quantitative estimate of drug-likeness (QED) is 0.362.